The minimum absolute atomic E-state index is 0.309. The van der Waals surface area contributed by atoms with Gasteiger partial charge in [-0.25, -0.2) is 4.39 Å². The molecule has 28 heavy (non-hydrogen) atoms. The van der Waals surface area contributed by atoms with E-state index in [1.807, 2.05) is 19.9 Å². The van der Waals surface area contributed by atoms with Crippen molar-refractivity contribution in [2.75, 3.05) is 10.6 Å². The van der Waals surface area contributed by atoms with E-state index in [-0.39, 0.29) is 11.7 Å². The molecule has 2 amide bonds. The molecule has 0 unspecified atom stereocenters. The van der Waals surface area contributed by atoms with Gasteiger partial charge in [-0.2, -0.15) is 0 Å². The van der Waals surface area contributed by atoms with Crippen LogP contribution in [0.4, 0.5) is 15.8 Å². The lowest BCUT2D eigenvalue weighted by atomic mass is 10.1. The summed E-state index contributed by atoms with van der Waals surface area (Å²) >= 11 is 6.18. The van der Waals surface area contributed by atoms with Crippen molar-refractivity contribution < 1.29 is 14.0 Å². The molecular formula is C22H18ClFN2O2. The van der Waals surface area contributed by atoms with Crippen LogP contribution < -0.4 is 10.6 Å². The fourth-order valence-corrected chi connectivity index (χ4v) is 2.74. The van der Waals surface area contributed by atoms with Crippen LogP contribution in [-0.4, -0.2) is 11.8 Å². The van der Waals surface area contributed by atoms with Crippen LogP contribution in [0.5, 0.6) is 0 Å². The van der Waals surface area contributed by atoms with Crippen LogP contribution in [0, 0.1) is 19.7 Å². The first-order valence-corrected chi connectivity index (χ1v) is 8.96. The SMILES string of the molecule is Cc1ccc(C(=O)Nc2cc(C(=O)Nc3ccc(F)cc3)ccc2Cl)cc1C. The van der Waals surface area contributed by atoms with Gasteiger partial charge in [0, 0.05) is 16.8 Å². The minimum Gasteiger partial charge on any atom is -0.322 e. The number of amides is 2. The maximum Gasteiger partial charge on any atom is 0.255 e. The second-order valence-electron chi connectivity index (χ2n) is 6.41. The Kier molecular flexibility index (Phi) is 5.76. The number of carbonyl (C=O) groups excluding carboxylic acids is 2. The van der Waals surface area contributed by atoms with E-state index in [1.54, 1.807) is 18.2 Å². The summed E-state index contributed by atoms with van der Waals surface area (Å²) in [4.78, 5) is 25.0. The highest BCUT2D eigenvalue weighted by Crippen LogP contribution is 2.25. The van der Waals surface area contributed by atoms with E-state index >= 15 is 0 Å². The molecule has 3 rings (SSSR count). The molecule has 2 N–H and O–H groups in total. The maximum absolute atomic E-state index is 13.0. The average Bonchev–Trinajstić information content (AvgIpc) is 2.67. The van der Waals surface area contributed by atoms with Crippen molar-refractivity contribution in [3.05, 3.63) is 93.8 Å². The van der Waals surface area contributed by atoms with Crippen molar-refractivity contribution in [2.24, 2.45) is 0 Å². The highest BCUT2D eigenvalue weighted by molar-refractivity contribution is 6.34. The second kappa shape index (κ2) is 8.23. The average molecular weight is 397 g/mol. The third-order valence-electron chi connectivity index (χ3n) is 4.35. The summed E-state index contributed by atoms with van der Waals surface area (Å²) in [5, 5.41) is 5.72. The van der Waals surface area contributed by atoms with Gasteiger partial charge in [0.25, 0.3) is 11.8 Å². The summed E-state index contributed by atoms with van der Waals surface area (Å²) in [6.45, 7) is 3.90. The number of anilines is 2. The normalized spacial score (nSPS) is 10.4. The molecule has 0 heterocycles. The van der Waals surface area contributed by atoms with Gasteiger partial charge in [-0.15, -0.1) is 0 Å². The predicted octanol–water partition coefficient (Wildman–Crippen LogP) is 5.60. The standard InChI is InChI=1S/C22H18ClFN2O2/c1-13-3-4-15(11-14(13)2)22(28)26-20-12-16(5-10-19(20)23)21(27)25-18-8-6-17(24)7-9-18/h3-12H,1-2H3,(H,25,27)(H,26,28). The van der Waals surface area contributed by atoms with Crippen LogP contribution in [0.3, 0.4) is 0 Å². The highest BCUT2D eigenvalue weighted by atomic mass is 35.5. The molecular weight excluding hydrogens is 379 g/mol. The second-order valence-corrected chi connectivity index (χ2v) is 6.82. The summed E-state index contributed by atoms with van der Waals surface area (Å²) < 4.78 is 13.0. The van der Waals surface area contributed by atoms with Gasteiger partial charge in [0.2, 0.25) is 0 Å². The fraction of sp³-hybridized carbons (Fsp3) is 0.0909. The maximum atomic E-state index is 13.0. The number of aryl methyl sites for hydroxylation is 2. The smallest absolute Gasteiger partial charge is 0.255 e. The highest BCUT2D eigenvalue weighted by Gasteiger charge is 2.13. The lowest BCUT2D eigenvalue weighted by Crippen LogP contribution is -2.15. The molecule has 0 aliphatic carbocycles. The molecule has 0 aliphatic rings. The fourth-order valence-electron chi connectivity index (χ4n) is 2.58. The molecule has 4 nitrogen and oxygen atoms in total. The molecule has 3 aromatic carbocycles. The van der Waals surface area contributed by atoms with Crippen LogP contribution in [-0.2, 0) is 0 Å². The Labute approximate surface area is 167 Å². The zero-order valence-electron chi connectivity index (χ0n) is 15.3. The Bertz CT molecular complexity index is 1050. The van der Waals surface area contributed by atoms with Crippen LogP contribution in [0.25, 0.3) is 0 Å². The van der Waals surface area contributed by atoms with Crippen molar-refractivity contribution >= 4 is 34.8 Å². The number of rotatable bonds is 4. The van der Waals surface area contributed by atoms with Crippen LogP contribution in [0.15, 0.2) is 60.7 Å². The summed E-state index contributed by atoms with van der Waals surface area (Å²) in [6.07, 6.45) is 0. The minimum atomic E-state index is -0.398. The number of carbonyl (C=O) groups is 2. The van der Waals surface area contributed by atoms with E-state index in [2.05, 4.69) is 10.6 Å². The molecule has 0 radical (unpaired) electrons. The summed E-state index contributed by atoms with van der Waals surface area (Å²) in [5.41, 5.74) is 3.70. The van der Waals surface area contributed by atoms with Crippen LogP contribution >= 0.6 is 11.6 Å². The summed E-state index contributed by atoms with van der Waals surface area (Å²) in [5.74, 6) is -1.10. The van der Waals surface area contributed by atoms with E-state index in [9.17, 15) is 14.0 Å². The Morgan fingerprint density at radius 2 is 1.39 bits per heavy atom. The summed E-state index contributed by atoms with van der Waals surface area (Å²) in [6, 6.07) is 15.4. The first-order valence-electron chi connectivity index (χ1n) is 8.58. The monoisotopic (exact) mass is 396 g/mol. The van der Waals surface area contributed by atoms with Gasteiger partial charge in [-0.1, -0.05) is 17.7 Å². The van der Waals surface area contributed by atoms with Crippen LogP contribution in [0.2, 0.25) is 5.02 Å². The number of hydrogen-bond acceptors (Lipinski definition) is 2. The Morgan fingerprint density at radius 3 is 2.07 bits per heavy atom. The van der Waals surface area contributed by atoms with Crippen LogP contribution in [0.1, 0.15) is 31.8 Å². The molecule has 142 valence electrons. The molecule has 0 atom stereocenters. The Morgan fingerprint density at radius 1 is 0.786 bits per heavy atom. The predicted molar refractivity (Wildman–Crippen MR) is 110 cm³/mol. The molecule has 0 aliphatic heterocycles. The number of nitrogens with one attached hydrogen (secondary N) is 2. The van der Waals surface area contributed by atoms with Gasteiger partial charge >= 0.3 is 0 Å². The van der Waals surface area contributed by atoms with Gasteiger partial charge in [-0.05, 0) is 79.6 Å². The Balaban J connectivity index is 1.78. The molecule has 0 spiro atoms. The molecule has 0 bridgehead atoms. The first kappa shape index (κ1) is 19.6. The summed E-state index contributed by atoms with van der Waals surface area (Å²) in [7, 11) is 0. The third kappa shape index (κ3) is 4.56. The van der Waals surface area contributed by atoms with E-state index < -0.39 is 5.91 Å². The van der Waals surface area contributed by atoms with Gasteiger partial charge in [0.15, 0.2) is 0 Å². The van der Waals surface area contributed by atoms with Crippen molar-refractivity contribution in [3.63, 3.8) is 0 Å². The number of halogens is 2. The lowest BCUT2D eigenvalue weighted by Gasteiger charge is -2.11. The van der Waals surface area contributed by atoms with Gasteiger partial charge < -0.3 is 10.6 Å². The molecule has 6 heteroatoms. The first-order chi connectivity index (χ1) is 13.3. The lowest BCUT2D eigenvalue weighted by molar-refractivity contribution is 0.101. The van der Waals surface area contributed by atoms with Gasteiger partial charge in [0.1, 0.15) is 5.82 Å². The Hall–Kier alpha value is -3.18. The molecule has 0 aromatic heterocycles. The van der Waals surface area contributed by atoms with E-state index in [1.165, 1.54) is 36.4 Å². The van der Waals surface area contributed by atoms with Crippen molar-refractivity contribution in [3.8, 4) is 0 Å². The van der Waals surface area contributed by atoms with Gasteiger partial charge in [0.05, 0.1) is 10.7 Å². The van der Waals surface area contributed by atoms with Crippen molar-refractivity contribution in [1.29, 1.82) is 0 Å². The van der Waals surface area contributed by atoms with Crippen molar-refractivity contribution in [1.82, 2.24) is 0 Å². The molecule has 0 saturated heterocycles. The number of hydrogen-bond donors (Lipinski definition) is 2. The largest absolute Gasteiger partial charge is 0.322 e. The topological polar surface area (TPSA) is 58.2 Å². The molecule has 3 aromatic rings. The van der Waals surface area contributed by atoms with E-state index in [0.29, 0.717) is 27.5 Å². The quantitative estimate of drug-likeness (QED) is 0.603. The zero-order valence-corrected chi connectivity index (χ0v) is 16.1. The molecule has 0 fully saturated rings. The molecule has 0 saturated carbocycles. The van der Waals surface area contributed by atoms with Crippen molar-refractivity contribution in [2.45, 2.75) is 13.8 Å². The van der Waals surface area contributed by atoms with Gasteiger partial charge in [-0.3, -0.25) is 9.59 Å². The number of benzene rings is 3. The zero-order chi connectivity index (χ0) is 20.3. The van der Waals surface area contributed by atoms with E-state index in [0.717, 1.165) is 11.1 Å². The van der Waals surface area contributed by atoms with E-state index in [4.69, 9.17) is 11.6 Å². The third-order valence-corrected chi connectivity index (χ3v) is 4.68.